The summed E-state index contributed by atoms with van der Waals surface area (Å²) in [6.45, 7) is 2.01. The molecule has 1 saturated heterocycles. The predicted molar refractivity (Wildman–Crippen MR) is 120 cm³/mol. The number of piperidine rings is 1. The normalized spacial score (nSPS) is 17.0. The molecule has 2 aromatic rings. The van der Waals surface area contributed by atoms with Gasteiger partial charge >= 0.3 is 11.8 Å². The quantitative estimate of drug-likeness (QED) is 0.617. The van der Waals surface area contributed by atoms with Gasteiger partial charge in [-0.15, -0.1) is 0 Å². The van der Waals surface area contributed by atoms with Crippen LogP contribution in [0.5, 0.6) is 0 Å². The first-order valence-corrected chi connectivity index (χ1v) is 12.1. The van der Waals surface area contributed by atoms with E-state index in [1.54, 1.807) is 18.2 Å². The topological polar surface area (TPSA) is 95.6 Å². The number of sulfonamides is 1. The molecular formula is C22H25ClFN3O4S. The Morgan fingerprint density at radius 3 is 2.66 bits per heavy atom. The van der Waals surface area contributed by atoms with Gasteiger partial charge in [0, 0.05) is 29.8 Å². The maximum atomic E-state index is 13.6. The molecule has 2 aromatic carbocycles. The standard InChI is InChI=1S/C22H25ClFN3O4S/c1-15-13-19(8-9-20(15)24)32(30,31)27-12-3-2-7-18(27)10-11-25-21(28)22(29)26-17-6-4-5-16(23)14-17/h4-6,8-9,13-14,18H,2-3,7,10-12H2,1H3,(H,25,28)(H,26,29)/t18-/m0/s1. The molecule has 1 aliphatic rings. The van der Waals surface area contributed by atoms with Crippen LogP contribution < -0.4 is 10.6 Å². The lowest BCUT2D eigenvalue weighted by Gasteiger charge is -2.34. The number of halogens is 2. The van der Waals surface area contributed by atoms with Crippen molar-refractivity contribution >= 4 is 39.1 Å². The van der Waals surface area contributed by atoms with Crippen LogP contribution >= 0.6 is 11.6 Å². The number of rotatable bonds is 6. The van der Waals surface area contributed by atoms with E-state index >= 15 is 0 Å². The van der Waals surface area contributed by atoms with Gasteiger partial charge in [0.05, 0.1) is 4.90 Å². The molecule has 0 unspecified atom stereocenters. The van der Waals surface area contributed by atoms with Crippen molar-refractivity contribution in [3.05, 3.63) is 58.9 Å². The zero-order valence-electron chi connectivity index (χ0n) is 17.6. The van der Waals surface area contributed by atoms with Crippen LogP contribution in [0.3, 0.4) is 0 Å². The molecule has 2 amide bonds. The van der Waals surface area contributed by atoms with E-state index in [2.05, 4.69) is 10.6 Å². The Labute approximate surface area is 192 Å². The second kappa shape index (κ2) is 10.4. The number of aryl methyl sites for hydroxylation is 1. The van der Waals surface area contributed by atoms with Gasteiger partial charge in [0.15, 0.2) is 0 Å². The SMILES string of the molecule is Cc1cc(S(=O)(=O)N2CCCC[C@H]2CCNC(=O)C(=O)Nc2cccc(Cl)c2)ccc1F. The van der Waals surface area contributed by atoms with E-state index < -0.39 is 27.7 Å². The van der Waals surface area contributed by atoms with Crippen molar-refractivity contribution in [2.24, 2.45) is 0 Å². The highest BCUT2D eigenvalue weighted by Gasteiger charge is 2.33. The number of nitrogens with one attached hydrogen (secondary N) is 2. The molecule has 0 radical (unpaired) electrons. The summed E-state index contributed by atoms with van der Waals surface area (Å²) in [7, 11) is -3.80. The molecule has 1 atom stereocenters. The Morgan fingerprint density at radius 2 is 1.94 bits per heavy atom. The number of anilines is 1. The number of carbonyl (C=O) groups excluding carboxylic acids is 2. The van der Waals surface area contributed by atoms with Gasteiger partial charge in [0.1, 0.15) is 5.82 Å². The molecule has 0 spiro atoms. The fourth-order valence-corrected chi connectivity index (χ4v) is 5.68. The lowest BCUT2D eigenvalue weighted by Crippen LogP contribution is -2.45. The number of hydrogen-bond donors (Lipinski definition) is 2. The highest BCUT2D eigenvalue weighted by Crippen LogP contribution is 2.27. The first-order valence-electron chi connectivity index (χ1n) is 10.3. The molecule has 7 nitrogen and oxygen atoms in total. The zero-order chi connectivity index (χ0) is 23.3. The van der Waals surface area contributed by atoms with Crippen LogP contribution in [0.2, 0.25) is 5.02 Å². The number of benzene rings is 2. The average molecular weight is 482 g/mol. The van der Waals surface area contributed by atoms with Gasteiger partial charge < -0.3 is 10.6 Å². The van der Waals surface area contributed by atoms with Gasteiger partial charge in [-0.2, -0.15) is 4.31 Å². The van der Waals surface area contributed by atoms with Crippen molar-refractivity contribution in [1.29, 1.82) is 0 Å². The molecule has 32 heavy (non-hydrogen) atoms. The summed E-state index contributed by atoms with van der Waals surface area (Å²) in [5, 5.41) is 5.43. The Morgan fingerprint density at radius 1 is 1.16 bits per heavy atom. The maximum Gasteiger partial charge on any atom is 0.313 e. The summed E-state index contributed by atoms with van der Waals surface area (Å²) in [5.74, 6) is -2.11. The van der Waals surface area contributed by atoms with Crippen LogP contribution in [-0.2, 0) is 19.6 Å². The van der Waals surface area contributed by atoms with E-state index in [0.717, 1.165) is 18.9 Å². The van der Waals surface area contributed by atoms with Crippen LogP contribution in [0.1, 0.15) is 31.2 Å². The minimum absolute atomic E-state index is 0.0493. The fraction of sp³-hybridized carbons (Fsp3) is 0.364. The molecule has 10 heteroatoms. The van der Waals surface area contributed by atoms with Gasteiger partial charge in [0.25, 0.3) is 0 Å². The summed E-state index contributed by atoms with van der Waals surface area (Å²) in [6, 6.07) is 9.86. The number of amides is 2. The number of nitrogens with zero attached hydrogens (tertiary/aromatic N) is 1. The molecule has 2 N–H and O–H groups in total. The smallest absolute Gasteiger partial charge is 0.313 e. The lowest BCUT2D eigenvalue weighted by molar-refractivity contribution is -0.136. The molecule has 1 heterocycles. The minimum Gasteiger partial charge on any atom is -0.348 e. The molecule has 0 bridgehead atoms. The Hall–Kier alpha value is -2.49. The molecule has 1 aliphatic heterocycles. The van der Waals surface area contributed by atoms with E-state index in [-0.39, 0.29) is 23.0 Å². The third-order valence-electron chi connectivity index (χ3n) is 5.36. The Bertz CT molecular complexity index is 1110. The van der Waals surface area contributed by atoms with Gasteiger partial charge in [-0.25, -0.2) is 12.8 Å². The highest BCUT2D eigenvalue weighted by atomic mass is 35.5. The average Bonchev–Trinajstić information content (AvgIpc) is 2.75. The highest BCUT2D eigenvalue weighted by molar-refractivity contribution is 7.89. The van der Waals surface area contributed by atoms with E-state index in [4.69, 9.17) is 11.6 Å². The number of hydrogen-bond acceptors (Lipinski definition) is 4. The second-order valence-electron chi connectivity index (χ2n) is 7.69. The molecular weight excluding hydrogens is 457 g/mol. The molecule has 172 valence electrons. The van der Waals surface area contributed by atoms with E-state index in [1.807, 2.05) is 0 Å². The summed E-state index contributed by atoms with van der Waals surface area (Å²) in [5.41, 5.74) is 0.661. The van der Waals surface area contributed by atoms with Crippen LogP contribution in [0.4, 0.5) is 10.1 Å². The third-order valence-corrected chi connectivity index (χ3v) is 7.54. The van der Waals surface area contributed by atoms with Crippen molar-refractivity contribution in [2.75, 3.05) is 18.4 Å². The zero-order valence-corrected chi connectivity index (χ0v) is 19.2. The number of carbonyl (C=O) groups is 2. The van der Waals surface area contributed by atoms with Crippen molar-refractivity contribution in [2.45, 2.75) is 43.5 Å². The van der Waals surface area contributed by atoms with Crippen molar-refractivity contribution < 1.29 is 22.4 Å². The lowest BCUT2D eigenvalue weighted by atomic mass is 10.0. The van der Waals surface area contributed by atoms with Gasteiger partial charge in [-0.3, -0.25) is 9.59 Å². The van der Waals surface area contributed by atoms with Crippen molar-refractivity contribution in [1.82, 2.24) is 9.62 Å². The van der Waals surface area contributed by atoms with Gasteiger partial charge in [-0.05, 0) is 68.1 Å². The summed E-state index contributed by atoms with van der Waals surface area (Å²) in [4.78, 5) is 24.2. The molecule has 0 aliphatic carbocycles. The third kappa shape index (κ3) is 5.85. The molecule has 1 fully saturated rings. The molecule has 3 rings (SSSR count). The van der Waals surface area contributed by atoms with Gasteiger partial charge in [-0.1, -0.05) is 24.1 Å². The minimum atomic E-state index is -3.80. The van der Waals surface area contributed by atoms with E-state index in [1.165, 1.54) is 29.4 Å². The second-order valence-corrected chi connectivity index (χ2v) is 10.0. The van der Waals surface area contributed by atoms with Crippen molar-refractivity contribution in [3.63, 3.8) is 0 Å². The van der Waals surface area contributed by atoms with Crippen LogP contribution in [-0.4, -0.2) is 43.7 Å². The van der Waals surface area contributed by atoms with Crippen LogP contribution in [0, 0.1) is 12.7 Å². The van der Waals surface area contributed by atoms with Crippen LogP contribution in [0.15, 0.2) is 47.4 Å². The molecule has 0 aromatic heterocycles. The van der Waals surface area contributed by atoms with Crippen LogP contribution in [0.25, 0.3) is 0 Å². The first kappa shape index (κ1) is 24.2. The Balaban J connectivity index is 1.60. The largest absolute Gasteiger partial charge is 0.348 e. The van der Waals surface area contributed by atoms with Crippen molar-refractivity contribution in [3.8, 4) is 0 Å². The Kier molecular flexibility index (Phi) is 7.86. The first-order chi connectivity index (χ1) is 15.2. The molecule has 0 saturated carbocycles. The van der Waals surface area contributed by atoms with E-state index in [0.29, 0.717) is 30.1 Å². The predicted octanol–water partition coefficient (Wildman–Crippen LogP) is 3.48. The maximum absolute atomic E-state index is 13.6. The summed E-state index contributed by atoms with van der Waals surface area (Å²) < 4.78 is 41.3. The monoisotopic (exact) mass is 481 g/mol. The van der Waals surface area contributed by atoms with E-state index in [9.17, 15) is 22.4 Å². The summed E-state index contributed by atoms with van der Waals surface area (Å²) in [6.07, 6.45) is 2.59. The fourth-order valence-electron chi connectivity index (χ4n) is 3.68. The van der Waals surface area contributed by atoms with Gasteiger partial charge in [0.2, 0.25) is 10.0 Å². The summed E-state index contributed by atoms with van der Waals surface area (Å²) >= 11 is 5.86.